The van der Waals surface area contributed by atoms with Crippen LogP contribution in [0.5, 0.6) is 0 Å². The molecule has 2 aromatic rings. The third-order valence-electron chi connectivity index (χ3n) is 3.41. The smallest absolute Gasteiger partial charge is 0.313 e. The Kier molecular flexibility index (Phi) is 4.24. The van der Waals surface area contributed by atoms with Crippen molar-refractivity contribution in [3.05, 3.63) is 30.5 Å². The zero-order valence-corrected chi connectivity index (χ0v) is 11.9. The van der Waals surface area contributed by atoms with Crippen LogP contribution in [0.4, 0.5) is 5.69 Å². The molecular weight excluding hydrogens is 268 g/mol. The second-order valence-corrected chi connectivity index (χ2v) is 4.83. The molecule has 0 bridgehead atoms. The third-order valence-corrected chi connectivity index (χ3v) is 3.41. The summed E-state index contributed by atoms with van der Waals surface area (Å²) in [6.45, 7) is 1.72. The number of carbonyl (C=O) groups excluding carboxylic acids is 2. The average molecular weight is 284 g/mol. The van der Waals surface area contributed by atoms with Crippen molar-refractivity contribution in [3.8, 4) is 6.07 Å². The molecule has 21 heavy (non-hydrogen) atoms. The molecule has 6 heteroatoms. The van der Waals surface area contributed by atoms with Gasteiger partial charge in [0.15, 0.2) is 0 Å². The van der Waals surface area contributed by atoms with E-state index >= 15 is 0 Å². The van der Waals surface area contributed by atoms with E-state index in [0.717, 1.165) is 10.9 Å². The maximum absolute atomic E-state index is 12.0. The van der Waals surface area contributed by atoms with Gasteiger partial charge in [0.25, 0.3) is 0 Å². The number of H-pyrrole nitrogens is 1. The first-order valence-electron chi connectivity index (χ1n) is 6.55. The number of hydrogen-bond donors (Lipinski definition) is 2. The summed E-state index contributed by atoms with van der Waals surface area (Å²) in [5.74, 6) is -1.37. The minimum atomic E-state index is -0.712. The first-order chi connectivity index (χ1) is 10.0. The molecule has 6 nitrogen and oxygen atoms in total. The van der Waals surface area contributed by atoms with E-state index in [9.17, 15) is 9.59 Å². The van der Waals surface area contributed by atoms with Crippen LogP contribution in [-0.4, -0.2) is 34.8 Å². The molecule has 0 saturated heterocycles. The zero-order valence-electron chi connectivity index (χ0n) is 11.9. The van der Waals surface area contributed by atoms with Crippen LogP contribution in [0.25, 0.3) is 10.9 Å². The van der Waals surface area contributed by atoms with Crippen molar-refractivity contribution in [3.63, 3.8) is 0 Å². The number of fused-ring (bicyclic) bond motifs is 1. The van der Waals surface area contributed by atoms with Gasteiger partial charge in [0.1, 0.15) is 0 Å². The lowest BCUT2D eigenvalue weighted by atomic mass is 10.2. The number of carbonyl (C=O) groups is 2. The SMILES string of the molecule is C[C@@H](CC#N)N(C)C(=O)C(=O)Nc1cccc2[nH]ccc12. The molecule has 108 valence electrons. The van der Waals surface area contributed by atoms with E-state index in [-0.39, 0.29) is 12.5 Å². The van der Waals surface area contributed by atoms with Crippen LogP contribution in [0.2, 0.25) is 0 Å². The van der Waals surface area contributed by atoms with E-state index in [1.54, 1.807) is 25.3 Å². The minimum Gasteiger partial charge on any atom is -0.361 e. The molecule has 1 heterocycles. The fourth-order valence-corrected chi connectivity index (χ4v) is 2.00. The van der Waals surface area contributed by atoms with Gasteiger partial charge in [0.05, 0.1) is 18.2 Å². The molecule has 1 aromatic heterocycles. The number of nitrogens with zero attached hydrogens (tertiary/aromatic N) is 2. The van der Waals surface area contributed by atoms with Crippen molar-refractivity contribution in [2.75, 3.05) is 12.4 Å². The van der Waals surface area contributed by atoms with Crippen molar-refractivity contribution in [1.29, 1.82) is 5.26 Å². The van der Waals surface area contributed by atoms with Gasteiger partial charge in [-0.3, -0.25) is 9.59 Å². The second-order valence-electron chi connectivity index (χ2n) is 4.83. The maximum Gasteiger partial charge on any atom is 0.313 e. The monoisotopic (exact) mass is 284 g/mol. The fraction of sp³-hybridized carbons (Fsp3) is 0.267. The van der Waals surface area contributed by atoms with Crippen LogP contribution in [0.15, 0.2) is 30.5 Å². The molecule has 1 aromatic carbocycles. The van der Waals surface area contributed by atoms with E-state index in [0.29, 0.717) is 5.69 Å². The lowest BCUT2D eigenvalue weighted by molar-refractivity contribution is -0.143. The standard InChI is InChI=1S/C15H16N4O2/c1-10(6-8-16)19(2)15(21)14(20)18-13-5-3-4-12-11(13)7-9-17-12/h3-5,7,9-10,17H,6H2,1-2H3,(H,18,20)/t10-/m0/s1. The highest BCUT2D eigenvalue weighted by Crippen LogP contribution is 2.22. The van der Waals surface area contributed by atoms with Gasteiger partial charge >= 0.3 is 11.8 Å². The molecule has 2 rings (SSSR count). The van der Waals surface area contributed by atoms with Gasteiger partial charge in [-0.15, -0.1) is 0 Å². The van der Waals surface area contributed by atoms with E-state index in [4.69, 9.17) is 5.26 Å². The maximum atomic E-state index is 12.0. The zero-order chi connectivity index (χ0) is 15.4. The van der Waals surface area contributed by atoms with Gasteiger partial charge in [-0.25, -0.2) is 0 Å². The van der Waals surface area contributed by atoms with Crippen LogP contribution in [-0.2, 0) is 9.59 Å². The van der Waals surface area contributed by atoms with Crippen molar-refractivity contribution in [1.82, 2.24) is 9.88 Å². The number of anilines is 1. The summed E-state index contributed by atoms with van der Waals surface area (Å²) in [4.78, 5) is 28.4. The molecular formula is C15H16N4O2. The summed E-state index contributed by atoms with van der Waals surface area (Å²) in [7, 11) is 1.51. The van der Waals surface area contributed by atoms with Gasteiger partial charge in [-0.2, -0.15) is 5.26 Å². The number of aromatic amines is 1. The Morgan fingerprint density at radius 2 is 2.19 bits per heavy atom. The molecule has 0 spiro atoms. The number of amides is 2. The predicted molar refractivity (Wildman–Crippen MR) is 79.4 cm³/mol. The molecule has 0 radical (unpaired) electrons. The molecule has 0 aliphatic heterocycles. The average Bonchev–Trinajstić information content (AvgIpc) is 2.95. The quantitative estimate of drug-likeness (QED) is 0.843. The molecule has 0 fully saturated rings. The summed E-state index contributed by atoms with van der Waals surface area (Å²) in [6.07, 6.45) is 1.95. The highest BCUT2D eigenvalue weighted by molar-refractivity contribution is 6.40. The van der Waals surface area contributed by atoms with Crippen molar-refractivity contribution >= 4 is 28.4 Å². The van der Waals surface area contributed by atoms with Crippen LogP contribution in [0.1, 0.15) is 13.3 Å². The van der Waals surface area contributed by atoms with Crippen LogP contribution >= 0.6 is 0 Å². The third kappa shape index (κ3) is 3.03. The summed E-state index contributed by atoms with van der Waals surface area (Å²) in [5.41, 5.74) is 1.46. The van der Waals surface area contributed by atoms with Gasteiger partial charge in [-0.1, -0.05) is 6.07 Å². The predicted octanol–water partition coefficient (Wildman–Crippen LogP) is 1.87. The minimum absolute atomic E-state index is 0.183. The Balaban J connectivity index is 2.13. The first-order valence-corrected chi connectivity index (χ1v) is 6.55. The van der Waals surface area contributed by atoms with Crippen molar-refractivity contribution in [2.24, 2.45) is 0 Å². The topological polar surface area (TPSA) is 89.0 Å². The number of benzene rings is 1. The summed E-state index contributed by atoms with van der Waals surface area (Å²) in [5, 5.41) is 12.1. The number of nitrogens with one attached hydrogen (secondary N) is 2. The Labute approximate surface area is 122 Å². The Hall–Kier alpha value is -2.81. The largest absolute Gasteiger partial charge is 0.361 e. The molecule has 2 N–H and O–H groups in total. The van der Waals surface area contributed by atoms with E-state index in [2.05, 4.69) is 10.3 Å². The van der Waals surface area contributed by atoms with Crippen molar-refractivity contribution < 1.29 is 9.59 Å². The molecule has 1 atom stereocenters. The summed E-state index contributed by atoms with van der Waals surface area (Å²) < 4.78 is 0. The number of rotatable bonds is 3. The molecule has 0 aliphatic carbocycles. The number of aromatic nitrogens is 1. The van der Waals surface area contributed by atoms with Gasteiger partial charge in [-0.05, 0) is 25.1 Å². The van der Waals surface area contributed by atoms with Crippen LogP contribution in [0.3, 0.4) is 0 Å². The number of hydrogen-bond acceptors (Lipinski definition) is 3. The van der Waals surface area contributed by atoms with Gasteiger partial charge in [0, 0.05) is 30.2 Å². The van der Waals surface area contributed by atoms with Crippen LogP contribution in [0, 0.1) is 11.3 Å². The van der Waals surface area contributed by atoms with Crippen LogP contribution < -0.4 is 5.32 Å². The van der Waals surface area contributed by atoms with E-state index in [1.807, 2.05) is 18.2 Å². The Morgan fingerprint density at radius 3 is 2.90 bits per heavy atom. The lowest BCUT2D eigenvalue weighted by Gasteiger charge is -2.22. The van der Waals surface area contributed by atoms with Gasteiger partial charge < -0.3 is 15.2 Å². The fourth-order valence-electron chi connectivity index (χ4n) is 2.00. The molecule has 0 unspecified atom stereocenters. The lowest BCUT2D eigenvalue weighted by Crippen LogP contribution is -2.42. The first kappa shape index (κ1) is 14.6. The molecule has 0 aliphatic rings. The number of nitriles is 1. The normalized spacial score (nSPS) is 11.7. The van der Waals surface area contributed by atoms with Crippen molar-refractivity contribution in [2.45, 2.75) is 19.4 Å². The highest BCUT2D eigenvalue weighted by atomic mass is 16.2. The summed E-state index contributed by atoms with van der Waals surface area (Å²) in [6, 6.07) is 8.92. The van der Waals surface area contributed by atoms with E-state index < -0.39 is 11.8 Å². The molecule has 0 saturated carbocycles. The highest BCUT2D eigenvalue weighted by Gasteiger charge is 2.23. The second kappa shape index (κ2) is 6.09. The molecule has 2 amide bonds. The number of likely N-dealkylation sites (N-methyl/N-ethyl adjacent to an activating group) is 1. The Morgan fingerprint density at radius 1 is 1.43 bits per heavy atom. The summed E-state index contributed by atoms with van der Waals surface area (Å²) >= 11 is 0. The van der Waals surface area contributed by atoms with Gasteiger partial charge in [0.2, 0.25) is 0 Å². The Bertz CT molecular complexity index is 714. The van der Waals surface area contributed by atoms with E-state index in [1.165, 1.54) is 11.9 Å².